The molecule has 1 aromatic carbocycles. The molecule has 9 heteroatoms. The molecule has 1 aromatic heterocycles. The van der Waals surface area contributed by atoms with Crippen LogP contribution < -0.4 is 10.5 Å². The van der Waals surface area contributed by atoms with Crippen molar-refractivity contribution in [3.63, 3.8) is 0 Å². The molecule has 7 nitrogen and oxygen atoms in total. The lowest BCUT2D eigenvalue weighted by Gasteiger charge is -2.25. The molecule has 0 bridgehead atoms. The standard InChI is InChI=1S/C21H22F2N4O3/c1-13(12-30-21-25-8-7-17(26-21)20(24)29)5-6-19(28)27-11-16(23)10-18(27)14-3-2-4-15(22)9-14/h2-4,7-9,16,18H,1,5-6,10-12H2,(H2,24,29). The number of ether oxygens (including phenoxy) is 1. The number of hydrogen-bond acceptors (Lipinski definition) is 5. The highest BCUT2D eigenvalue weighted by Crippen LogP contribution is 2.34. The van der Waals surface area contributed by atoms with Crippen molar-refractivity contribution in [1.82, 2.24) is 14.9 Å². The molecule has 1 aliphatic rings. The van der Waals surface area contributed by atoms with Crippen molar-refractivity contribution in [2.75, 3.05) is 13.2 Å². The monoisotopic (exact) mass is 416 g/mol. The average Bonchev–Trinajstić information content (AvgIpc) is 3.12. The van der Waals surface area contributed by atoms with Gasteiger partial charge in [0.25, 0.3) is 5.91 Å². The van der Waals surface area contributed by atoms with Gasteiger partial charge in [-0.15, -0.1) is 0 Å². The van der Waals surface area contributed by atoms with Crippen LogP contribution in [0, 0.1) is 5.82 Å². The van der Waals surface area contributed by atoms with Crippen LogP contribution in [0.25, 0.3) is 0 Å². The quantitative estimate of drug-likeness (QED) is 0.667. The fourth-order valence-corrected chi connectivity index (χ4v) is 3.30. The van der Waals surface area contributed by atoms with Crippen LogP contribution in [0.5, 0.6) is 6.01 Å². The Morgan fingerprint density at radius 2 is 2.10 bits per heavy atom. The third kappa shape index (κ3) is 5.37. The zero-order valence-corrected chi connectivity index (χ0v) is 16.3. The summed E-state index contributed by atoms with van der Waals surface area (Å²) in [6.45, 7) is 3.90. The van der Waals surface area contributed by atoms with Gasteiger partial charge in [0.1, 0.15) is 24.3 Å². The molecule has 0 saturated carbocycles. The first kappa shape index (κ1) is 21.4. The van der Waals surface area contributed by atoms with Crippen molar-refractivity contribution >= 4 is 11.8 Å². The summed E-state index contributed by atoms with van der Waals surface area (Å²) in [7, 11) is 0. The van der Waals surface area contributed by atoms with Crippen molar-refractivity contribution in [3.8, 4) is 6.01 Å². The van der Waals surface area contributed by atoms with E-state index in [9.17, 15) is 18.4 Å². The molecule has 2 amide bonds. The Balaban J connectivity index is 1.53. The van der Waals surface area contributed by atoms with Crippen LogP contribution >= 0.6 is 0 Å². The second-order valence-electron chi connectivity index (χ2n) is 7.08. The summed E-state index contributed by atoms with van der Waals surface area (Å²) in [5.74, 6) is -1.36. The van der Waals surface area contributed by atoms with Gasteiger partial charge in [-0.2, -0.15) is 4.98 Å². The summed E-state index contributed by atoms with van der Waals surface area (Å²) in [6.07, 6.45) is 0.776. The van der Waals surface area contributed by atoms with E-state index in [4.69, 9.17) is 10.5 Å². The van der Waals surface area contributed by atoms with Gasteiger partial charge in [-0.3, -0.25) is 9.59 Å². The fourth-order valence-electron chi connectivity index (χ4n) is 3.30. The second-order valence-corrected chi connectivity index (χ2v) is 7.08. The van der Waals surface area contributed by atoms with Crippen LogP contribution in [0.15, 0.2) is 48.7 Å². The Labute approximate surface area is 172 Å². The van der Waals surface area contributed by atoms with E-state index in [1.54, 1.807) is 12.1 Å². The van der Waals surface area contributed by atoms with Crippen molar-refractivity contribution in [3.05, 3.63) is 65.8 Å². The van der Waals surface area contributed by atoms with Gasteiger partial charge in [-0.05, 0) is 35.8 Å². The van der Waals surface area contributed by atoms with Crippen LogP contribution in [0.2, 0.25) is 0 Å². The zero-order chi connectivity index (χ0) is 21.7. The highest BCUT2D eigenvalue weighted by Gasteiger charge is 2.36. The summed E-state index contributed by atoms with van der Waals surface area (Å²) in [6, 6.07) is 6.74. The summed E-state index contributed by atoms with van der Waals surface area (Å²) < 4.78 is 32.9. The molecule has 158 valence electrons. The average molecular weight is 416 g/mol. The number of rotatable bonds is 8. The summed E-state index contributed by atoms with van der Waals surface area (Å²) in [4.78, 5) is 33.0. The van der Waals surface area contributed by atoms with Crippen molar-refractivity contribution < 1.29 is 23.1 Å². The smallest absolute Gasteiger partial charge is 0.317 e. The van der Waals surface area contributed by atoms with Crippen molar-refractivity contribution in [2.45, 2.75) is 31.5 Å². The number of amides is 2. The molecular weight excluding hydrogens is 394 g/mol. The van der Waals surface area contributed by atoms with E-state index in [1.165, 1.54) is 29.3 Å². The number of carbonyl (C=O) groups excluding carboxylic acids is 2. The zero-order valence-electron chi connectivity index (χ0n) is 16.3. The molecular formula is C21H22F2N4O3. The number of benzene rings is 1. The SMILES string of the molecule is C=C(CCC(=O)N1CC(F)CC1c1cccc(F)c1)COc1nccc(C(N)=O)n1. The largest absolute Gasteiger partial charge is 0.459 e. The number of nitrogens with zero attached hydrogens (tertiary/aromatic N) is 3. The molecule has 0 spiro atoms. The minimum Gasteiger partial charge on any atom is -0.459 e. The van der Waals surface area contributed by atoms with Gasteiger partial charge in [0.05, 0.1) is 12.6 Å². The first-order chi connectivity index (χ1) is 14.3. The van der Waals surface area contributed by atoms with Gasteiger partial charge in [0.15, 0.2) is 0 Å². The molecule has 3 rings (SSSR count). The molecule has 2 heterocycles. The summed E-state index contributed by atoms with van der Waals surface area (Å²) >= 11 is 0. The minimum atomic E-state index is -1.15. The summed E-state index contributed by atoms with van der Waals surface area (Å²) in [5.41, 5.74) is 6.37. The van der Waals surface area contributed by atoms with Crippen molar-refractivity contribution in [2.24, 2.45) is 5.73 Å². The maximum absolute atomic E-state index is 14.0. The highest BCUT2D eigenvalue weighted by molar-refractivity contribution is 5.90. The number of carbonyl (C=O) groups is 2. The van der Waals surface area contributed by atoms with Crippen LogP contribution in [-0.4, -0.2) is 46.0 Å². The van der Waals surface area contributed by atoms with Gasteiger partial charge >= 0.3 is 6.01 Å². The third-order valence-corrected chi connectivity index (χ3v) is 4.79. The Bertz CT molecular complexity index is 953. The highest BCUT2D eigenvalue weighted by atomic mass is 19.1. The van der Waals surface area contributed by atoms with E-state index in [0.717, 1.165) is 0 Å². The minimum absolute atomic E-state index is 0.0171. The van der Waals surface area contributed by atoms with Gasteiger partial charge in [-0.1, -0.05) is 18.7 Å². The van der Waals surface area contributed by atoms with E-state index >= 15 is 0 Å². The van der Waals surface area contributed by atoms with E-state index < -0.39 is 23.9 Å². The molecule has 0 radical (unpaired) electrons. The van der Waals surface area contributed by atoms with Crippen LogP contribution in [0.3, 0.4) is 0 Å². The second kappa shape index (κ2) is 9.43. The predicted octanol–water partition coefficient (Wildman–Crippen LogP) is 2.74. The van der Waals surface area contributed by atoms with Gasteiger partial charge in [0, 0.05) is 19.0 Å². The number of aromatic nitrogens is 2. The van der Waals surface area contributed by atoms with E-state index in [2.05, 4.69) is 16.5 Å². The molecule has 2 aromatic rings. The maximum Gasteiger partial charge on any atom is 0.317 e. The Hall–Kier alpha value is -3.36. The molecule has 0 aliphatic carbocycles. The number of nitrogens with two attached hydrogens (primary N) is 1. The third-order valence-electron chi connectivity index (χ3n) is 4.79. The molecule has 2 atom stereocenters. The molecule has 2 N–H and O–H groups in total. The van der Waals surface area contributed by atoms with Crippen LogP contribution in [0.4, 0.5) is 8.78 Å². The Morgan fingerprint density at radius 1 is 1.30 bits per heavy atom. The lowest BCUT2D eigenvalue weighted by atomic mass is 10.0. The lowest BCUT2D eigenvalue weighted by Crippen LogP contribution is -2.31. The van der Waals surface area contributed by atoms with Gasteiger partial charge < -0.3 is 15.4 Å². The Morgan fingerprint density at radius 3 is 2.83 bits per heavy atom. The molecule has 1 fully saturated rings. The Kier molecular flexibility index (Phi) is 6.71. The van der Waals surface area contributed by atoms with Crippen molar-refractivity contribution in [1.29, 1.82) is 0 Å². The lowest BCUT2D eigenvalue weighted by molar-refractivity contribution is -0.132. The van der Waals surface area contributed by atoms with Crippen LogP contribution in [0.1, 0.15) is 41.4 Å². The maximum atomic E-state index is 14.0. The number of primary amides is 1. The van der Waals surface area contributed by atoms with Gasteiger partial charge in [-0.25, -0.2) is 13.8 Å². The van der Waals surface area contributed by atoms with E-state index in [1.807, 2.05) is 0 Å². The van der Waals surface area contributed by atoms with Crippen LogP contribution in [-0.2, 0) is 4.79 Å². The number of likely N-dealkylation sites (tertiary alicyclic amines) is 1. The normalized spacial score (nSPS) is 18.3. The topological polar surface area (TPSA) is 98.4 Å². The first-order valence-corrected chi connectivity index (χ1v) is 9.44. The number of hydrogen-bond donors (Lipinski definition) is 1. The molecule has 2 unspecified atom stereocenters. The fraction of sp³-hybridized carbons (Fsp3) is 0.333. The first-order valence-electron chi connectivity index (χ1n) is 9.44. The number of halogens is 2. The predicted molar refractivity (Wildman–Crippen MR) is 105 cm³/mol. The van der Waals surface area contributed by atoms with E-state index in [-0.39, 0.29) is 43.6 Å². The molecule has 1 saturated heterocycles. The van der Waals surface area contributed by atoms with Gasteiger partial charge in [0.2, 0.25) is 5.91 Å². The number of alkyl halides is 1. The molecule has 30 heavy (non-hydrogen) atoms. The molecule has 1 aliphatic heterocycles. The summed E-state index contributed by atoms with van der Waals surface area (Å²) in [5, 5.41) is 0. The van der Waals surface area contributed by atoms with E-state index in [0.29, 0.717) is 17.6 Å².